The van der Waals surface area contributed by atoms with E-state index in [1.165, 1.54) is 6.07 Å². The van der Waals surface area contributed by atoms with Crippen molar-refractivity contribution >= 4 is 11.6 Å². The number of hydrogen-bond donors (Lipinski definition) is 1. The van der Waals surface area contributed by atoms with Crippen molar-refractivity contribution in [2.24, 2.45) is 0 Å². The molecule has 24 heavy (non-hydrogen) atoms. The number of aromatic nitrogens is 4. The molecule has 0 unspecified atom stereocenters. The van der Waals surface area contributed by atoms with Gasteiger partial charge in [0, 0.05) is 17.8 Å². The molecule has 3 heterocycles. The highest BCUT2D eigenvalue weighted by Crippen LogP contribution is 2.25. The molecule has 4 rings (SSSR count). The van der Waals surface area contributed by atoms with Crippen molar-refractivity contribution in [1.29, 1.82) is 0 Å². The van der Waals surface area contributed by atoms with E-state index < -0.39 is 5.97 Å². The van der Waals surface area contributed by atoms with Crippen molar-refractivity contribution in [2.75, 3.05) is 0 Å². The van der Waals surface area contributed by atoms with Crippen molar-refractivity contribution in [3.63, 3.8) is 0 Å². The lowest BCUT2D eigenvalue weighted by Crippen LogP contribution is -2.01. The number of fused-ring (bicyclic) bond motifs is 1. The van der Waals surface area contributed by atoms with Gasteiger partial charge in [-0.25, -0.2) is 14.3 Å². The summed E-state index contributed by atoms with van der Waals surface area (Å²) in [5.41, 5.74) is 3.48. The third-order valence-electron chi connectivity index (χ3n) is 3.64. The van der Waals surface area contributed by atoms with E-state index in [0.717, 1.165) is 17.0 Å². The van der Waals surface area contributed by atoms with Crippen LogP contribution in [0.2, 0.25) is 0 Å². The van der Waals surface area contributed by atoms with Crippen molar-refractivity contribution < 1.29 is 9.90 Å². The van der Waals surface area contributed by atoms with E-state index in [1.54, 1.807) is 10.7 Å². The molecule has 0 radical (unpaired) electrons. The lowest BCUT2D eigenvalue weighted by Gasteiger charge is -2.08. The lowest BCUT2D eigenvalue weighted by molar-refractivity contribution is 0.0690. The van der Waals surface area contributed by atoms with Crippen LogP contribution in [0.25, 0.3) is 28.3 Å². The fourth-order valence-electron chi connectivity index (χ4n) is 2.54. The van der Waals surface area contributed by atoms with Crippen LogP contribution in [0.3, 0.4) is 0 Å². The number of aromatic carboxylic acids is 1. The van der Waals surface area contributed by atoms with Crippen molar-refractivity contribution in [3.05, 3.63) is 72.6 Å². The van der Waals surface area contributed by atoms with Gasteiger partial charge in [0.25, 0.3) is 0 Å². The summed E-state index contributed by atoms with van der Waals surface area (Å²) in [6, 6.07) is 18.6. The Kier molecular flexibility index (Phi) is 3.28. The van der Waals surface area contributed by atoms with Crippen LogP contribution in [0.15, 0.2) is 66.9 Å². The van der Waals surface area contributed by atoms with Gasteiger partial charge in [0.15, 0.2) is 11.3 Å². The molecule has 0 aliphatic heterocycles. The van der Waals surface area contributed by atoms with Crippen LogP contribution in [-0.2, 0) is 0 Å². The highest BCUT2D eigenvalue weighted by atomic mass is 16.4. The van der Waals surface area contributed by atoms with Gasteiger partial charge in [0.2, 0.25) is 0 Å². The molecule has 0 saturated carbocycles. The van der Waals surface area contributed by atoms with Gasteiger partial charge in [-0.1, -0.05) is 36.4 Å². The maximum Gasteiger partial charge on any atom is 0.356 e. The third kappa shape index (κ3) is 2.40. The minimum absolute atomic E-state index is 0.0437. The molecule has 0 saturated heterocycles. The van der Waals surface area contributed by atoms with Crippen LogP contribution in [0.4, 0.5) is 0 Å². The Morgan fingerprint density at radius 3 is 2.46 bits per heavy atom. The number of carboxylic acid groups (broad SMARTS) is 1. The number of carboxylic acids is 1. The van der Waals surface area contributed by atoms with Crippen LogP contribution in [0.1, 0.15) is 10.5 Å². The molecular weight excluding hydrogens is 304 g/mol. The second-order valence-electron chi connectivity index (χ2n) is 5.21. The third-order valence-corrected chi connectivity index (χ3v) is 3.64. The molecule has 4 aromatic rings. The maximum atomic E-state index is 11.3. The van der Waals surface area contributed by atoms with Crippen LogP contribution >= 0.6 is 0 Å². The minimum atomic E-state index is -1.08. The first-order chi connectivity index (χ1) is 11.7. The van der Waals surface area contributed by atoms with E-state index in [4.69, 9.17) is 0 Å². The summed E-state index contributed by atoms with van der Waals surface area (Å²) in [5.74, 6) is -1.08. The smallest absolute Gasteiger partial charge is 0.356 e. The summed E-state index contributed by atoms with van der Waals surface area (Å²) >= 11 is 0. The van der Waals surface area contributed by atoms with Crippen LogP contribution in [0.5, 0.6) is 0 Å². The summed E-state index contributed by atoms with van der Waals surface area (Å²) in [6.45, 7) is 0. The average molecular weight is 316 g/mol. The van der Waals surface area contributed by atoms with E-state index in [9.17, 15) is 9.90 Å². The number of nitrogens with zero attached hydrogens (tertiary/aromatic N) is 4. The first-order valence-corrected chi connectivity index (χ1v) is 7.33. The van der Waals surface area contributed by atoms with Crippen molar-refractivity contribution in [1.82, 2.24) is 19.6 Å². The predicted octanol–water partition coefficient (Wildman–Crippen LogP) is 3.16. The van der Waals surface area contributed by atoms with Gasteiger partial charge in [-0.15, -0.1) is 0 Å². The molecule has 0 amide bonds. The Bertz CT molecular complexity index is 1030. The summed E-state index contributed by atoms with van der Waals surface area (Å²) < 4.78 is 1.55. The highest BCUT2D eigenvalue weighted by Gasteiger charge is 2.15. The molecule has 0 fully saturated rings. The Morgan fingerprint density at radius 2 is 1.75 bits per heavy atom. The number of rotatable bonds is 3. The maximum absolute atomic E-state index is 11.3. The molecular formula is C18H12N4O2. The zero-order valence-electron chi connectivity index (χ0n) is 12.5. The summed E-state index contributed by atoms with van der Waals surface area (Å²) in [5, 5.41) is 13.4. The summed E-state index contributed by atoms with van der Waals surface area (Å²) in [6.07, 6.45) is 1.70. The Morgan fingerprint density at radius 1 is 0.958 bits per heavy atom. The monoisotopic (exact) mass is 316 g/mol. The zero-order chi connectivity index (χ0) is 16.5. The van der Waals surface area contributed by atoms with Gasteiger partial charge in [-0.3, -0.25) is 4.98 Å². The molecule has 0 bridgehead atoms. The molecule has 6 heteroatoms. The largest absolute Gasteiger partial charge is 0.476 e. The van der Waals surface area contributed by atoms with E-state index in [-0.39, 0.29) is 5.69 Å². The fraction of sp³-hybridized carbons (Fsp3) is 0. The SMILES string of the molecule is O=C(O)c1cc2nc(-c3ccccn3)cc(-c3ccccc3)n2n1. The first-order valence-electron chi connectivity index (χ1n) is 7.33. The fourth-order valence-corrected chi connectivity index (χ4v) is 2.54. The predicted molar refractivity (Wildman–Crippen MR) is 88.6 cm³/mol. The quantitative estimate of drug-likeness (QED) is 0.628. The van der Waals surface area contributed by atoms with Crippen molar-refractivity contribution in [3.8, 4) is 22.6 Å². The van der Waals surface area contributed by atoms with E-state index >= 15 is 0 Å². The Hall–Kier alpha value is -3.54. The number of carbonyl (C=O) groups is 1. The normalized spacial score (nSPS) is 10.8. The molecule has 1 N–H and O–H groups in total. The van der Waals surface area contributed by atoms with Gasteiger partial charge in [-0.2, -0.15) is 5.10 Å². The molecule has 0 aliphatic carbocycles. The van der Waals surface area contributed by atoms with Crippen LogP contribution in [-0.4, -0.2) is 30.7 Å². The molecule has 0 aliphatic rings. The summed E-state index contributed by atoms with van der Waals surface area (Å²) in [4.78, 5) is 20.1. The van der Waals surface area contributed by atoms with Crippen LogP contribution < -0.4 is 0 Å². The highest BCUT2D eigenvalue weighted by molar-refractivity contribution is 5.87. The molecule has 6 nitrogen and oxygen atoms in total. The molecule has 0 atom stereocenters. The van der Waals surface area contributed by atoms with Gasteiger partial charge in [0.1, 0.15) is 0 Å². The number of hydrogen-bond acceptors (Lipinski definition) is 4. The van der Waals surface area contributed by atoms with Crippen LogP contribution in [0, 0.1) is 0 Å². The van der Waals surface area contributed by atoms with Gasteiger partial charge in [-0.05, 0) is 18.2 Å². The lowest BCUT2D eigenvalue weighted by atomic mass is 10.1. The second-order valence-corrected chi connectivity index (χ2v) is 5.21. The Labute approximate surface area is 137 Å². The molecule has 3 aromatic heterocycles. The van der Waals surface area contributed by atoms with E-state index in [0.29, 0.717) is 11.3 Å². The zero-order valence-corrected chi connectivity index (χ0v) is 12.5. The first kappa shape index (κ1) is 14.1. The second kappa shape index (κ2) is 5.58. The molecule has 1 aromatic carbocycles. The molecule has 116 valence electrons. The average Bonchev–Trinajstić information content (AvgIpc) is 3.07. The van der Waals surface area contributed by atoms with Gasteiger partial charge < -0.3 is 5.11 Å². The number of pyridine rings is 1. The van der Waals surface area contributed by atoms with Crippen molar-refractivity contribution in [2.45, 2.75) is 0 Å². The van der Waals surface area contributed by atoms with E-state index in [1.807, 2.05) is 54.6 Å². The standard InChI is InChI=1S/C18H12N4O2/c23-18(24)15-11-17-20-14(13-8-4-5-9-19-13)10-16(22(17)21-15)12-6-2-1-3-7-12/h1-11H,(H,23,24). The molecule has 0 spiro atoms. The van der Waals surface area contributed by atoms with E-state index in [2.05, 4.69) is 15.1 Å². The minimum Gasteiger partial charge on any atom is -0.476 e. The number of benzene rings is 1. The van der Waals surface area contributed by atoms with Gasteiger partial charge >= 0.3 is 5.97 Å². The Balaban J connectivity index is 2.02. The topological polar surface area (TPSA) is 80.4 Å². The summed E-state index contributed by atoms with van der Waals surface area (Å²) in [7, 11) is 0. The van der Waals surface area contributed by atoms with Gasteiger partial charge in [0.05, 0.1) is 17.1 Å².